The number of unbranched alkanes of at least 4 members (excludes halogenated alkanes) is 5. The number of carbonyl (C=O) groups excluding carboxylic acids is 2. The van der Waals surface area contributed by atoms with Crippen LogP contribution in [0.1, 0.15) is 44.9 Å². The Hall–Kier alpha value is -0.950. The lowest BCUT2D eigenvalue weighted by molar-refractivity contribution is -0.116. The van der Waals surface area contributed by atoms with Gasteiger partial charge in [-0.25, -0.2) is 0 Å². The molecule has 0 fully saturated rings. The van der Waals surface area contributed by atoms with E-state index in [9.17, 15) is 9.59 Å². The van der Waals surface area contributed by atoms with Gasteiger partial charge in [-0.15, -0.1) is 0 Å². The Bertz CT molecular complexity index is 363. The van der Waals surface area contributed by atoms with E-state index in [1.165, 1.54) is 0 Å². The van der Waals surface area contributed by atoms with Crippen molar-refractivity contribution in [2.24, 2.45) is 0 Å². The van der Waals surface area contributed by atoms with Crippen LogP contribution >= 0.6 is 11.6 Å². The number of amides is 1. The van der Waals surface area contributed by atoms with Gasteiger partial charge in [-0.05, 0) is 36.9 Å². The molecule has 146 valence electrons. The van der Waals surface area contributed by atoms with E-state index in [0.29, 0.717) is 46.0 Å². The summed E-state index contributed by atoms with van der Waals surface area (Å²) in [6, 6.07) is 0. The molecular weight excluding hydrogens is 346 g/mol. The number of allylic oxidation sites excluding steroid dienone is 1. The highest BCUT2D eigenvalue weighted by Gasteiger charge is 1.97. The molecule has 7 heteroatoms. The van der Waals surface area contributed by atoms with Crippen LogP contribution in [0.4, 0.5) is 0 Å². The van der Waals surface area contributed by atoms with Crippen LogP contribution in [0.5, 0.6) is 0 Å². The van der Waals surface area contributed by atoms with Gasteiger partial charge in [-0.3, -0.25) is 9.59 Å². The maximum atomic E-state index is 11.6. The first kappa shape index (κ1) is 24.1. The molecule has 0 saturated carbocycles. The highest BCUT2D eigenvalue weighted by molar-refractivity contribution is 6.63. The molecule has 0 rings (SSSR count). The minimum absolute atomic E-state index is 0.0967. The van der Waals surface area contributed by atoms with E-state index >= 15 is 0 Å². The Morgan fingerprint density at radius 3 is 2.28 bits per heavy atom. The van der Waals surface area contributed by atoms with Crippen molar-refractivity contribution in [3.63, 3.8) is 0 Å². The molecule has 1 amide bonds. The Morgan fingerprint density at radius 1 is 0.920 bits per heavy atom. The van der Waals surface area contributed by atoms with Gasteiger partial charge < -0.3 is 19.5 Å². The minimum Gasteiger partial charge on any atom is -0.382 e. The summed E-state index contributed by atoms with van der Waals surface area (Å²) >= 11 is 5.27. The topological polar surface area (TPSA) is 73.9 Å². The van der Waals surface area contributed by atoms with Crippen molar-refractivity contribution in [1.29, 1.82) is 0 Å². The highest BCUT2D eigenvalue weighted by Crippen LogP contribution is 2.08. The third-order valence-electron chi connectivity index (χ3n) is 3.36. The zero-order valence-corrected chi connectivity index (χ0v) is 16.0. The number of carbonyl (C=O) groups is 2. The SMILES string of the molecule is COCCOCCOCCNC(=O)/C=C/CCCCCCCC(=O)Cl. The lowest BCUT2D eigenvalue weighted by Gasteiger charge is -2.05. The molecular formula is C18H32ClNO5. The third kappa shape index (κ3) is 21.0. The number of hydrogen-bond donors (Lipinski definition) is 1. The van der Waals surface area contributed by atoms with Crippen LogP contribution < -0.4 is 5.32 Å². The Morgan fingerprint density at radius 2 is 1.56 bits per heavy atom. The molecule has 0 saturated heterocycles. The summed E-state index contributed by atoms with van der Waals surface area (Å²) in [6.45, 7) is 3.14. The molecule has 0 radical (unpaired) electrons. The van der Waals surface area contributed by atoms with Crippen molar-refractivity contribution in [3.8, 4) is 0 Å². The monoisotopic (exact) mass is 377 g/mol. The molecule has 0 aromatic carbocycles. The lowest BCUT2D eigenvalue weighted by Crippen LogP contribution is -2.26. The van der Waals surface area contributed by atoms with Crippen LogP contribution in [-0.2, 0) is 23.8 Å². The van der Waals surface area contributed by atoms with E-state index in [4.69, 9.17) is 25.8 Å². The van der Waals surface area contributed by atoms with Crippen LogP contribution in [0.2, 0.25) is 0 Å². The van der Waals surface area contributed by atoms with Crippen molar-refractivity contribution in [3.05, 3.63) is 12.2 Å². The molecule has 1 N–H and O–H groups in total. The summed E-state index contributed by atoms with van der Waals surface area (Å²) in [4.78, 5) is 22.1. The van der Waals surface area contributed by atoms with Gasteiger partial charge in [0, 0.05) is 20.1 Å². The van der Waals surface area contributed by atoms with Gasteiger partial charge in [0.1, 0.15) is 0 Å². The number of halogens is 1. The van der Waals surface area contributed by atoms with E-state index < -0.39 is 0 Å². The Balaban J connectivity index is 3.28. The molecule has 25 heavy (non-hydrogen) atoms. The maximum absolute atomic E-state index is 11.6. The fourth-order valence-electron chi connectivity index (χ4n) is 2.02. The smallest absolute Gasteiger partial charge is 0.243 e. The average molecular weight is 378 g/mol. The molecule has 0 aromatic rings. The fraction of sp³-hybridized carbons (Fsp3) is 0.778. The van der Waals surface area contributed by atoms with Gasteiger partial charge in [0.05, 0.1) is 33.0 Å². The van der Waals surface area contributed by atoms with Crippen molar-refractivity contribution in [1.82, 2.24) is 5.32 Å². The van der Waals surface area contributed by atoms with Gasteiger partial charge in [-0.2, -0.15) is 0 Å². The van der Waals surface area contributed by atoms with Crippen molar-refractivity contribution in [2.75, 3.05) is 46.7 Å². The molecule has 0 aromatic heterocycles. The predicted molar refractivity (Wildman–Crippen MR) is 98.8 cm³/mol. The van der Waals surface area contributed by atoms with E-state index in [0.717, 1.165) is 38.5 Å². The number of rotatable bonds is 18. The van der Waals surface area contributed by atoms with Gasteiger partial charge in [0.25, 0.3) is 0 Å². The molecule has 0 aliphatic rings. The number of nitrogens with one attached hydrogen (secondary N) is 1. The van der Waals surface area contributed by atoms with Crippen LogP contribution in [0.3, 0.4) is 0 Å². The van der Waals surface area contributed by atoms with Crippen molar-refractivity contribution in [2.45, 2.75) is 44.9 Å². The summed E-state index contributed by atoms with van der Waals surface area (Å²) in [5, 5.41) is 2.51. The Labute approximate surface area is 156 Å². The summed E-state index contributed by atoms with van der Waals surface area (Å²) in [7, 11) is 1.63. The van der Waals surface area contributed by atoms with E-state index in [-0.39, 0.29) is 11.1 Å². The average Bonchev–Trinajstić information content (AvgIpc) is 2.58. The molecule has 0 heterocycles. The normalized spacial score (nSPS) is 11.1. The molecule has 0 atom stereocenters. The second-order valence-electron chi connectivity index (χ2n) is 5.57. The molecule has 0 aliphatic carbocycles. The second kappa shape index (κ2) is 19.4. The van der Waals surface area contributed by atoms with Crippen LogP contribution in [0, 0.1) is 0 Å². The van der Waals surface area contributed by atoms with E-state index in [1.807, 2.05) is 6.08 Å². The highest BCUT2D eigenvalue weighted by atomic mass is 35.5. The molecule has 0 bridgehead atoms. The van der Waals surface area contributed by atoms with Crippen molar-refractivity contribution < 1.29 is 23.8 Å². The number of ether oxygens (including phenoxy) is 3. The predicted octanol–water partition coefficient (Wildman–Crippen LogP) is 2.83. The zero-order chi connectivity index (χ0) is 18.6. The third-order valence-corrected chi connectivity index (χ3v) is 3.55. The molecule has 0 spiro atoms. The quantitative estimate of drug-likeness (QED) is 0.226. The maximum Gasteiger partial charge on any atom is 0.243 e. The number of methoxy groups -OCH3 is 1. The first-order valence-corrected chi connectivity index (χ1v) is 9.31. The Kier molecular flexibility index (Phi) is 18.6. The summed E-state index contributed by atoms with van der Waals surface area (Å²) < 4.78 is 15.4. The minimum atomic E-state index is -0.255. The number of hydrogen-bond acceptors (Lipinski definition) is 5. The first-order valence-electron chi connectivity index (χ1n) is 8.94. The summed E-state index contributed by atoms with van der Waals surface area (Å²) in [6.07, 6.45) is 9.94. The summed E-state index contributed by atoms with van der Waals surface area (Å²) in [5.41, 5.74) is 0. The van der Waals surface area contributed by atoms with E-state index in [1.54, 1.807) is 13.2 Å². The van der Waals surface area contributed by atoms with Gasteiger partial charge in [0.2, 0.25) is 11.1 Å². The van der Waals surface area contributed by atoms with Crippen molar-refractivity contribution >= 4 is 22.8 Å². The van der Waals surface area contributed by atoms with Gasteiger partial charge in [0.15, 0.2) is 0 Å². The molecule has 6 nitrogen and oxygen atoms in total. The van der Waals surface area contributed by atoms with Crippen LogP contribution in [0.15, 0.2) is 12.2 Å². The zero-order valence-electron chi connectivity index (χ0n) is 15.3. The molecule has 0 unspecified atom stereocenters. The van der Waals surface area contributed by atoms with Gasteiger partial charge >= 0.3 is 0 Å². The standard InChI is InChI=1S/C18H32ClNO5/c1-23-13-14-25-16-15-24-12-11-20-18(22)10-8-6-4-2-3-5-7-9-17(19)21/h8,10H,2-7,9,11-16H2,1H3,(H,20,22)/b10-8+. The lowest BCUT2D eigenvalue weighted by atomic mass is 10.1. The second-order valence-corrected chi connectivity index (χ2v) is 5.99. The van der Waals surface area contributed by atoms with Crippen LogP contribution in [0.25, 0.3) is 0 Å². The van der Waals surface area contributed by atoms with Crippen LogP contribution in [-0.4, -0.2) is 57.8 Å². The van der Waals surface area contributed by atoms with Gasteiger partial charge in [-0.1, -0.05) is 25.3 Å². The molecule has 0 aliphatic heterocycles. The largest absolute Gasteiger partial charge is 0.382 e. The summed E-state index contributed by atoms with van der Waals surface area (Å²) in [5.74, 6) is -0.0967. The fourth-order valence-corrected chi connectivity index (χ4v) is 2.15. The first-order chi connectivity index (χ1) is 12.2. The van der Waals surface area contributed by atoms with E-state index in [2.05, 4.69) is 5.32 Å².